The summed E-state index contributed by atoms with van der Waals surface area (Å²) in [6.07, 6.45) is 1.71. The van der Waals surface area contributed by atoms with Crippen LogP contribution in [0.15, 0.2) is 24.4 Å². The quantitative estimate of drug-likeness (QED) is 0.689. The minimum Gasteiger partial charge on any atom is -0.399 e. The number of aromatic nitrogens is 1. The lowest BCUT2D eigenvalue weighted by atomic mass is 10.1. The van der Waals surface area contributed by atoms with Gasteiger partial charge in [-0.2, -0.15) is 0 Å². The lowest BCUT2D eigenvalue weighted by Crippen LogP contribution is -2.21. The van der Waals surface area contributed by atoms with E-state index in [2.05, 4.69) is 4.98 Å². The number of fused-ring (bicyclic) bond motifs is 1. The van der Waals surface area contributed by atoms with E-state index in [0.717, 1.165) is 10.9 Å². The molecule has 15 heavy (non-hydrogen) atoms. The molecule has 3 N–H and O–H groups in total. The Morgan fingerprint density at radius 2 is 2.13 bits per heavy atom. The van der Waals surface area contributed by atoms with Crippen molar-refractivity contribution in [2.24, 2.45) is 0 Å². The minimum atomic E-state index is -0.00831. The Balaban J connectivity index is 2.59. The Labute approximate surface area is 87.7 Å². The van der Waals surface area contributed by atoms with Crippen molar-refractivity contribution in [2.45, 2.75) is 0 Å². The molecular formula is C11H13N3O. The zero-order chi connectivity index (χ0) is 11.0. The number of hydrogen-bond donors (Lipinski definition) is 2. The molecule has 1 heterocycles. The number of aromatic amines is 1. The largest absolute Gasteiger partial charge is 0.399 e. The molecule has 0 bridgehead atoms. The molecule has 1 aromatic carbocycles. The van der Waals surface area contributed by atoms with E-state index in [1.54, 1.807) is 31.3 Å². The lowest BCUT2D eigenvalue weighted by molar-refractivity contribution is 0.0829. The monoisotopic (exact) mass is 203 g/mol. The molecule has 0 saturated carbocycles. The summed E-state index contributed by atoms with van der Waals surface area (Å²) in [5.74, 6) is -0.00831. The topological polar surface area (TPSA) is 62.1 Å². The predicted octanol–water partition coefficient (Wildman–Crippen LogP) is 1.45. The maximum Gasteiger partial charge on any atom is 0.255 e. The number of hydrogen-bond acceptors (Lipinski definition) is 2. The van der Waals surface area contributed by atoms with Gasteiger partial charge in [-0.25, -0.2) is 0 Å². The van der Waals surface area contributed by atoms with Gasteiger partial charge in [0.25, 0.3) is 5.91 Å². The van der Waals surface area contributed by atoms with Crippen LogP contribution >= 0.6 is 0 Å². The summed E-state index contributed by atoms with van der Waals surface area (Å²) in [5, 5.41) is 0.905. The Kier molecular flexibility index (Phi) is 2.11. The number of carbonyl (C=O) groups excluding carboxylic acids is 1. The predicted molar refractivity (Wildman–Crippen MR) is 60.7 cm³/mol. The van der Waals surface area contributed by atoms with Crippen LogP contribution in [0.1, 0.15) is 10.4 Å². The zero-order valence-corrected chi connectivity index (χ0v) is 8.74. The number of nitrogens with two attached hydrogens (primary N) is 1. The number of H-pyrrole nitrogens is 1. The van der Waals surface area contributed by atoms with Gasteiger partial charge in [0.1, 0.15) is 0 Å². The second kappa shape index (κ2) is 3.31. The number of carbonyl (C=O) groups is 1. The highest BCUT2D eigenvalue weighted by molar-refractivity contribution is 6.06. The molecule has 4 heteroatoms. The third kappa shape index (κ3) is 1.54. The van der Waals surface area contributed by atoms with Crippen LogP contribution in [0.3, 0.4) is 0 Å². The first-order valence-electron chi connectivity index (χ1n) is 4.68. The van der Waals surface area contributed by atoms with Gasteiger partial charge in [0.05, 0.1) is 5.56 Å². The SMILES string of the molecule is CN(C)C(=O)c1c[nH]c2cc(N)ccc12. The molecule has 0 aliphatic rings. The Morgan fingerprint density at radius 3 is 2.80 bits per heavy atom. The summed E-state index contributed by atoms with van der Waals surface area (Å²) >= 11 is 0. The van der Waals surface area contributed by atoms with Crippen molar-refractivity contribution in [1.29, 1.82) is 0 Å². The average molecular weight is 203 g/mol. The molecule has 1 aromatic heterocycles. The van der Waals surface area contributed by atoms with Gasteiger partial charge in [-0.05, 0) is 18.2 Å². The van der Waals surface area contributed by atoms with Crippen molar-refractivity contribution in [1.82, 2.24) is 9.88 Å². The summed E-state index contributed by atoms with van der Waals surface area (Å²) in [6, 6.07) is 5.47. The van der Waals surface area contributed by atoms with E-state index in [1.807, 2.05) is 12.1 Å². The summed E-state index contributed by atoms with van der Waals surface area (Å²) in [6.45, 7) is 0. The lowest BCUT2D eigenvalue weighted by Gasteiger charge is -2.08. The first-order chi connectivity index (χ1) is 7.09. The molecule has 0 saturated heterocycles. The molecule has 1 amide bonds. The van der Waals surface area contributed by atoms with Crippen molar-refractivity contribution in [3.63, 3.8) is 0 Å². The van der Waals surface area contributed by atoms with Crippen LogP contribution in [0.5, 0.6) is 0 Å². The van der Waals surface area contributed by atoms with Gasteiger partial charge in [-0.15, -0.1) is 0 Å². The smallest absolute Gasteiger partial charge is 0.255 e. The third-order valence-corrected chi connectivity index (χ3v) is 2.34. The molecule has 2 rings (SSSR count). The number of rotatable bonds is 1. The number of nitrogens with zero attached hydrogens (tertiary/aromatic N) is 1. The van der Waals surface area contributed by atoms with Crippen LogP contribution < -0.4 is 5.73 Å². The van der Waals surface area contributed by atoms with E-state index >= 15 is 0 Å². The van der Waals surface area contributed by atoms with Crippen LogP contribution in [0.2, 0.25) is 0 Å². The number of nitrogen functional groups attached to an aromatic ring is 1. The summed E-state index contributed by atoms with van der Waals surface area (Å²) in [4.78, 5) is 16.4. The third-order valence-electron chi connectivity index (χ3n) is 2.34. The van der Waals surface area contributed by atoms with Crippen molar-refractivity contribution in [2.75, 3.05) is 19.8 Å². The molecule has 2 aromatic rings. The van der Waals surface area contributed by atoms with Gasteiger partial charge in [0, 0.05) is 36.9 Å². The number of nitrogens with one attached hydrogen (secondary N) is 1. The summed E-state index contributed by atoms with van der Waals surface area (Å²) < 4.78 is 0. The molecule has 0 aliphatic carbocycles. The van der Waals surface area contributed by atoms with E-state index in [4.69, 9.17) is 5.73 Å². The molecule has 0 radical (unpaired) electrons. The van der Waals surface area contributed by atoms with E-state index in [-0.39, 0.29) is 5.91 Å². The Hall–Kier alpha value is -1.97. The summed E-state index contributed by atoms with van der Waals surface area (Å²) in [5.41, 5.74) is 7.91. The fraction of sp³-hybridized carbons (Fsp3) is 0.182. The van der Waals surface area contributed by atoms with Crippen molar-refractivity contribution >= 4 is 22.5 Å². The molecule has 0 spiro atoms. The van der Waals surface area contributed by atoms with Gasteiger partial charge < -0.3 is 15.6 Å². The van der Waals surface area contributed by atoms with E-state index in [0.29, 0.717) is 11.3 Å². The van der Waals surface area contributed by atoms with E-state index in [9.17, 15) is 4.79 Å². The second-order valence-corrected chi connectivity index (χ2v) is 3.71. The van der Waals surface area contributed by atoms with Crippen LogP contribution in [0.4, 0.5) is 5.69 Å². The fourth-order valence-electron chi connectivity index (χ4n) is 1.56. The van der Waals surface area contributed by atoms with Crippen molar-refractivity contribution < 1.29 is 4.79 Å². The van der Waals surface area contributed by atoms with Gasteiger partial charge in [0.15, 0.2) is 0 Å². The molecule has 0 fully saturated rings. The Bertz CT molecular complexity index is 514. The first kappa shape index (κ1) is 9.58. The number of anilines is 1. The van der Waals surface area contributed by atoms with E-state index in [1.165, 1.54) is 0 Å². The second-order valence-electron chi connectivity index (χ2n) is 3.71. The van der Waals surface area contributed by atoms with Gasteiger partial charge >= 0.3 is 0 Å². The van der Waals surface area contributed by atoms with Crippen molar-refractivity contribution in [3.8, 4) is 0 Å². The summed E-state index contributed by atoms with van der Waals surface area (Å²) in [7, 11) is 3.47. The molecule has 0 unspecified atom stereocenters. The minimum absolute atomic E-state index is 0.00831. The maximum atomic E-state index is 11.8. The van der Waals surface area contributed by atoms with Crippen LogP contribution in [0.25, 0.3) is 10.9 Å². The zero-order valence-electron chi connectivity index (χ0n) is 8.74. The molecule has 78 valence electrons. The number of amides is 1. The highest BCUT2D eigenvalue weighted by atomic mass is 16.2. The highest BCUT2D eigenvalue weighted by Gasteiger charge is 2.13. The fourth-order valence-corrected chi connectivity index (χ4v) is 1.56. The molecular weight excluding hydrogens is 190 g/mol. The van der Waals surface area contributed by atoms with Crippen LogP contribution in [-0.2, 0) is 0 Å². The standard InChI is InChI=1S/C11H13N3O/c1-14(2)11(15)9-6-13-10-5-7(12)3-4-8(9)10/h3-6,13H,12H2,1-2H3. The highest BCUT2D eigenvalue weighted by Crippen LogP contribution is 2.21. The first-order valence-corrected chi connectivity index (χ1v) is 4.68. The van der Waals surface area contributed by atoms with Gasteiger partial charge in [-0.3, -0.25) is 4.79 Å². The van der Waals surface area contributed by atoms with E-state index < -0.39 is 0 Å². The number of benzene rings is 1. The van der Waals surface area contributed by atoms with Crippen molar-refractivity contribution in [3.05, 3.63) is 30.0 Å². The Morgan fingerprint density at radius 1 is 1.40 bits per heavy atom. The average Bonchev–Trinajstić information content (AvgIpc) is 2.59. The normalized spacial score (nSPS) is 10.5. The van der Waals surface area contributed by atoms with Crippen LogP contribution in [-0.4, -0.2) is 29.9 Å². The molecule has 0 aliphatic heterocycles. The molecule has 0 atom stereocenters. The maximum absolute atomic E-state index is 11.8. The van der Waals surface area contributed by atoms with Crippen LogP contribution in [0, 0.1) is 0 Å². The molecule has 4 nitrogen and oxygen atoms in total. The van der Waals surface area contributed by atoms with Gasteiger partial charge in [-0.1, -0.05) is 0 Å². The van der Waals surface area contributed by atoms with Gasteiger partial charge in [0.2, 0.25) is 0 Å².